The Bertz CT molecular complexity index is 888. The standard InChI is InChI=1S/C22H24BrN3O3/c1-2-25(14-16-8-4-3-5-9-16)21(28)13-24-22(29)17-12-20(27)26(15-17)19-11-7-6-10-18(19)23/h3-11,17H,2,12-15H2,1H3,(H,24,29). The fourth-order valence-corrected chi connectivity index (χ4v) is 3.88. The van der Waals surface area contributed by atoms with E-state index in [4.69, 9.17) is 0 Å². The van der Waals surface area contributed by atoms with E-state index in [-0.39, 0.29) is 30.7 Å². The van der Waals surface area contributed by atoms with E-state index in [0.29, 0.717) is 19.6 Å². The van der Waals surface area contributed by atoms with Crippen LogP contribution in [0.1, 0.15) is 18.9 Å². The molecule has 1 unspecified atom stereocenters. The Morgan fingerprint density at radius 2 is 1.83 bits per heavy atom. The van der Waals surface area contributed by atoms with Crippen molar-refractivity contribution in [2.75, 3.05) is 24.5 Å². The molecule has 7 heteroatoms. The summed E-state index contributed by atoms with van der Waals surface area (Å²) in [6.07, 6.45) is 0.142. The predicted octanol–water partition coefficient (Wildman–Crippen LogP) is 2.97. The van der Waals surface area contributed by atoms with Crippen LogP contribution in [0.2, 0.25) is 0 Å². The number of likely N-dealkylation sites (N-methyl/N-ethyl adjacent to an activating group) is 1. The molecule has 3 rings (SSSR count). The zero-order valence-corrected chi connectivity index (χ0v) is 17.9. The Morgan fingerprint density at radius 3 is 2.52 bits per heavy atom. The second-order valence-electron chi connectivity index (χ2n) is 6.97. The second-order valence-corrected chi connectivity index (χ2v) is 7.82. The maximum atomic E-state index is 12.6. The van der Waals surface area contributed by atoms with Crippen LogP contribution in [-0.4, -0.2) is 42.3 Å². The molecular weight excluding hydrogens is 434 g/mol. The van der Waals surface area contributed by atoms with Crippen molar-refractivity contribution in [2.24, 2.45) is 5.92 Å². The molecule has 1 fully saturated rings. The van der Waals surface area contributed by atoms with Crippen LogP contribution in [0.3, 0.4) is 0 Å². The summed E-state index contributed by atoms with van der Waals surface area (Å²) in [5.41, 5.74) is 1.79. The van der Waals surface area contributed by atoms with E-state index in [0.717, 1.165) is 15.7 Å². The van der Waals surface area contributed by atoms with Gasteiger partial charge in [0.2, 0.25) is 17.7 Å². The Kier molecular flexibility index (Phi) is 7.04. The Balaban J connectivity index is 1.54. The van der Waals surface area contributed by atoms with Crippen LogP contribution in [0.15, 0.2) is 59.1 Å². The van der Waals surface area contributed by atoms with E-state index in [9.17, 15) is 14.4 Å². The van der Waals surface area contributed by atoms with Crippen molar-refractivity contribution in [1.29, 1.82) is 0 Å². The summed E-state index contributed by atoms with van der Waals surface area (Å²) in [6.45, 7) is 3.21. The third kappa shape index (κ3) is 5.23. The van der Waals surface area contributed by atoms with Gasteiger partial charge >= 0.3 is 0 Å². The zero-order valence-electron chi connectivity index (χ0n) is 16.3. The van der Waals surface area contributed by atoms with Gasteiger partial charge in [0, 0.05) is 30.5 Å². The number of rotatable bonds is 7. The predicted molar refractivity (Wildman–Crippen MR) is 115 cm³/mol. The molecular formula is C22H24BrN3O3. The lowest BCUT2D eigenvalue weighted by Crippen LogP contribution is -2.42. The highest BCUT2D eigenvalue weighted by atomic mass is 79.9. The molecule has 0 aliphatic carbocycles. The first kappa shape index (κ1) is 21.0. The first-order chi connectivity index (χ1) is 14.0. The van der Waals surface area contributed by atoms with E-state index >= 15 is 0 Å². The van der Waals surface area contributed by atoms with Gasteiger partial charge in [-0.1, -0.05) is 42.5 Å². The number of nitrogens with zero attached hydrogens (tertiary/aromatic N) is 2. The lowest BCUT2D eigenvalue weighted by molar-refractivity contribution is -0.134. The molecule has 0 aromatic heterocycles. The topological polar surface area (TPSA) is 69.7 Å². The average molecular weight is 458 g/mol. The molecule has 0 saturated carbocycles. The third-order valence-electron chi connectivity index (χ3n) is 5.00. The number of hydrogen-bond acceptors (Lipinski definition) is 3. The summed E-state index contributed by atoms with van der Waals surface area (Å²) in [7, 11) is 0. The molecule has 1 saturated heterocycles. The van der Waals surface area contributed by atoms with Gasteiger partial charge in [0.05, 0.1) is 18.2 Å². The minimum absolute atomic E-state index is 0.0702. The summed E-state index contributed by atoms with van der Waals surface area (Å²) in [5.74, 6) is -0.969. The van der Waals surface area contributed by atoms with Gasteiger partial charge < -0.3 is 15.1 Å². The van der Waals surface area contributed by atoms with Crippen LogP contribution in [0.25, 0.3) is 0 Å². The fraction of sp³-hybridized carbons (Fsp3) is 0.318. The summed E-state index contributed by atoms with van der Waals surface area (Å²) >= 11 is 3.45. The molecule has 1 aliphatic rings. The Morgan fingerprint density at radius 1 is 1.14 bits per heavy atom. The minimum atomic E-state index is -0.466. The van der Waals surface area contributed by atoms with Gasteiger partial charge in [-0.05, 0) is 40.5 Å². The smallest absolute Gasteiger partial charge is 0.242 e. The van der Waals surface area contributed by atoms with Crippen LogP contribution < -0.4 is 10.2 Å². The van der Waals surface area contributed by atoms with E-state index in [2.05, 4.69) is 21.2 Å². The molecule has 0 radical (unpaired) electrons. The number of para-hydroxylation sites is 1. The van der Waals surface area contributed by atoms with E-state index in [1.807, 2.05) is 61.5 Å². The van der Waals surface area contributed by atoms with Crippen molar-refractivity contribution in [3.8, 4) is 0 Å². The summed E-state index contributed by atoms with van der Waals surface area (Å²) in [5, 5.41) is 2.71. The number of amides is 3. The molecule has 29 heavy (non-hydrogen) atoms. The van der Waals surface area contributed by atoms with Crippen molar-refractivity contribution in [1.82, 2.24) is 10.2 Å². The summed E-state index contributed by atoms with van der Waals surface area (Å²) < 4.78 is 0.809. The fourth-order valence-electron chi connectivity index (χ4n) is 3.39. The second kappa shape index (κ2) is 9.69. The van der Waals surface area contributed by atoms with Crippen LogP contribution >= 0.6 is 15.9 Å². The van der Waals surface area contributed by atoms with Crippen molar-refractivity contribution >= 4 is 39.3 Å². The van der Waals surface area contributed by atoms with Gasteiger partial charge in [0.25, 0.3) is 0 Å². The molecule has 1 N–H and O–H groups in total. The number of hydrogen-bond donors (Lipinski definition) is 1. The van der Waals surface area contributed by atoms with Crippen molar-refractivity contribution in [2.45, 2.75) is 19.9 Å². The lowest BCUT2D eigenvalue weighted by Gasteiger charge is -2.22. The lowest BCUT2D eigenvalue weighted by atomic mass is 10.1. The SMILES string of the molecule is CCN(Cc1ccccc1)C(=O)CNC(=O)C1CC(=O)N(c2ccccc2Br)C1. The Labute approximate surface area is 179 Å². The van der Waals surface area contributed by atoms with Gasteiger partial charge in [-0.2, -0.15) is 0 Å². The molecule has 152 valence electrons. The van der Waals surface area contributed by atoms with Gasteiger partial charge in [-0.3, -0.25) is 14.4 Å². The number of nitrogens with one attached hydrogen (secondary N) is 1. The van der Waals surface area contributed by atoms with Crippen molar-refractivity contribution in [3.05, 3.63) is 64.6 Å². The van der Waals surface area contributed by atoms with Crippen molar-refractivity contribution in [3.63, 3.8) is 0 Å². The number of benzene rings is 2. The van der Waals surface area contributed by atoms with Crippen molar-refractivity contribution < 1.29 is 14.4 Å². The molecule has 1 heterocycles. The maximum Gasteiger partial charge on any atom is 0.242 e. The van der Waals surface area contributed by atoms with Gasteiger partial charge in [-0.25, -0.2) is 0 Å². The number of carbonyl (C=O) groups excluding carboxylic acids is 3. The van der Waals surface area contributed by atoms with Gasteiger partial charge in [0.15, 0.2) is 0 Å². The largest absolute Gasteiger partial charge is 0.347 e. The first-order valence-corrected chi connectivity index (χ1v) is 10.4. The quantitative estimate of drug-likeness (QED) is 0.694. The Hall–Kier alpha value is -2.67. The maximum absolute atomic E-state index is 12.6. The highest BCUT2D eigenvalue weighted by molar-refractivity contribution is 9.10. The highest BCUT2D eigenvalue weighted by Crippen LogP contribution is 2.31. The normalized spacial score (nSPS) is 16.0. The number of halogens is 1. The highest BCUT2D eigenvalue weighted by Gasteiger charge is 2.35. The number of anilines is 1. The van der Waals surface area contributed by atoms with E-state index in [1.165, 1.54) is 0 Å². The molecule has 0 spiro atoms. The average Bonchev–Trinajstić information content (AvgIpc) is 3.12. The molecule has 1 atom stereocenters. The first-order valence-electron chi connectivity index (χ1n) is 9.64. The summed E-state index contributed by atoms with van der Waals surface area (Å²) in [4.78, 5) is 40.8. The number of carbonyl (C=O) groups is 3. The molecule has 0 bridgehead atoms. The molecule has 6 nitrogen and oxygen atoms in total. The van der Waals surface area contributed by atoms with E-state index in [1.54, 1.807) is 9.80 Å². The molecule has 2 aromatic carbocycles. The third-order valence-corrected chi connectivity index (χ3v) is 5.67. The summed E-state index contributed by atoms with van der Waals surface area (Å²) in [6, 6.07) is 17.2. The monoisotopic (exact) mass is 457 g/mol. The minimum Gasteiger partial charge on any atom is -0.347 e. The van der Waals surface area contributed by atoms with Crippen LogP contribution in [0, 0.1) is 5.92 Å². The molecule has 3 amide bonds. The van der Waals surface area contributed by atoms with E-state index < -0.39 is 5.92 Å². The van der Waals surface area contributed by atoms with Gasteiger partial charge in [-0.15, -0.1) is 0 Å². The van der Waals surface area contributed by atoms with Crippen LogP contribution in [-0.2, 0) is 20.9 Å². The zero-order chi connectivity index (χ0) is 20.8. The van der Waals surface area contributed by atoms with Gasteiger partial charge in [0.1, 0.15) is 0 Å². The molecule has 1 aliphatic heterocycles. The van der Waals surface area contributed by atoms with Crippen LogP contribution in [0.5, 0.6) is 0 Å². The van der Waals surface area contributed by atoms with Crippen LogP contribution in [0.4, 0.5) is 5.69 Å². The molecule has 2 aromatic rings.